The monoisotopic (exact) mass is 564 g/mol. The number of thiophene rings is 1. The van der Waals surface area contributed by atoms with Crippen molar-refractivity contribution in [1.29, 1.82) is 0 Å². The fourth-order valence-corrected chi connectivity index (χ4v) is 6.82. The van der Waals surface area contributed by atoms with Gasteiger partial charge in [0, 0.05) is 46.1 Å². The Morgan fingerprint density at radius 1 is 0.537 bits per heavy atom. The number of nitrogens with zero attached hydrogens (tertiary/aromatic N) is 2. The Morgan fingerprint density at radius 3 is 1.63 bits per heavy atom. The van der Waals surface area contributed by atoms with Crippen LogP contribution in [0.1, 0.15) is 0 Å². The van der Waals surface area contributed by atoms with Gasteiger partial charge < -0.3 is 5.11 Å². The van der Waals surface area contributed by atoms with Crippen LogP contribution in [0.15, 0.2) is 145 Å². The number of hydrogen-bond donors (Lipinski definition) is 0. The first-order valence-corrected chi connectivity index (χ1v) is 15.0. The molecule has 0 atom stereocenters. The molecule has 0 aliphatic rings. The van der Waals surface area contributed by atoms with E-state index in [-0.39, 0.29) is 5.88 Å². The Morgan fingerprint density at radius 2 is 1.10 bits per heavy atom. The van der Waals surface area contributed by atoms with E-state index >= 15 is 0 Å². The summed E-state index contributed by atoms with van der Waals surface area (Å²) in [7, 11) is 0. The lowest BCUT2D eigenvalue weighted by molar-refractivity contribution is -0.572. The fraction of sp³-hybridized carbons (Fsp3) is 0. The number of benzene rings is 4. The van der Waals surface area contributed by atoms with Gasteiger partial charge in [0.05, 0.1) is 4.88 Å². The van der Waals surface area contributed by atoms with Crippen molar-refractivity contribution in [2.75, 3.05) is 0 Å². The standard InChI is InChI=1S/C36H24N2OS2/c39-35-34(41-36(37-35)33-17-10-22-40-33)28-18-20-30(21-19-28)38-31(26-13-6-2-7-14-26)23-29(25-11-4-1-5-12-25)24-32(38)27-15-8-3-9-16-27/h1-24H. The van der Waals surface area contributed by atoms with Crippen LogP contribution in [0.5, 0.6) is 5.88 Å². The molecule has 0 saturated heterocycles. The highest BCUT2D eigenvalue weighted by molar-refractivity contribution is 7.23. The zero-order valence-electron chi connectivity index (χ0n) is 22.0. The molecule has 0 aliphatic carbocycles. The molecule has 0 amide bonds. The maximum Gasteiger partial charge on any atom is 0.219 e. The molecule has 196 valence electrons. The summed E-state index contributed by atoms with van der Waals surface area (Å²) in [6, 6.07) is 48.2. The molecule has 4 aromatic carbocycles. The molecule has 0 fully saturated rings. The third-order valence-electron chi connectivity index (χ3n) is 7.03. The molecule has 0 N–H and O–H groups in total. The molecule has 0 bridgehead atoms. The summed E-state index contributed by atoms with van der Waals surface area (Å²) in [5.74, 6) is -0.180. The lowest BCUT2D eigenvalue weighted by Gasteiger charge is -2.13. The average Bonchev–Trinajstić information content (AvgIpc) is 3.72. The normalized spacial score (nSPS) is 11.0. The molecule has 0 saturated carbocycles. The van der Waals surface area contributed by atoms with E-state index in [9.17, 15) is 5.11 Å². The van der Waals surface area contributed by atoms with Gasteiger partial charge in [-0.15, -0.1) is 22.7 Å². The molecule has 7 aromatic rings. The van der Waals surface area contributed by atoms with E-state index in [1.807, 2.05) is 47.8 Å². The molecule has 3 heterocycles. The van der Waals surface area contributed by atoms with Gasteiger partial charge in [-0.2, -0.15) is 4.57 Å². The molecule has 0 aliphatic heterocycles. The van der Waals surface area contributed by atoms with Crippen molar-refractivity contribution >= 4 is 22.7 Å². The summed E-state index contributed by atoms with van der Waals surface area (Å²) in [5, 5.41) is 15.6. The highest BCUT2D eigenvalue weighted by Crippen LogP contribution is 2.39. The van der Waals surface area contributed by atoms with Crippen molar-refractivity contribution in [2.45, 2.75) is 0 Å². The second kappa shape index (κ2) is 11.0. The minimum absolute atomic E-state index is 0.180. The van der Waals surface area contributed by atoms with E-state index < -0.39 is 0 Å². The van der Waals surface area contributed by atoms with Crippen molar-refractivity contribution in [1.82, 2.24) is 4.98 Å². The first-order chi connectivity index (χ1) is 20.2. The van der Waals surface area contributed by atoms with Crippen molar-refractivity contribution in [3.8, 4) is 65.5 Å². The summed E-state index contributed by atoms with van der Waals surface area (Å²) < 4.78 is 2.31. The van der Waals surface area contributed by atoms with Gasteiger partial charge in [-0.1, -0.05) is 72.8 Å². The third-order valence-corrected chi connectivity index (χ3v) is 9.15. The second-order valence-corrected chi connectivity index (χ2v) is 11.6. The first-order valence-electron chi connectivity index (χ1n) is 13.3. The molecule has 0 radical (unpaired) electrons. The quantitative estimate of drug-likeness (QED) is 0.189. The van der Waals surface area contributed by atoms with E-state index in [1.165, 1.54) is 16.9 Å². The molecule has 3 aromatic heterocycles. The Bertz CT molecular complexity index is 1850. The van der Waals surface area contributed by atoms with Crippen LogP contribution in [0, 0.1) is 0 Å². The van der Waals surface area contributed by atoms with Gasteiger partial charge in [0.2, 0.25) is 17.1 Å². The van der Waals surface area contributed by atoms with Gasteiger partial charge >= 0.3 is 0 Å². The van der Waals surface area contributed by atoms with Crippen LogP contribution in [0.2, 0.25) is 0 Å². The molecule has 7 rings (SSSR count). The number of aromatic nitrogens is 2. The van der Waals surface area contributed by atoms with E-state index in [2.05, 4.69) is 107 Å². The second-order valence-electron chi connectivity index (χ2n) is 9.63. The van der Waals surface area contributed by atoms with Gasteiger partial charge in [0.25, 0.3) is 0 Å². The largest absolute Gasteiger partial charge is 0.858 e. The van der Waals surface area contributed by atoms with Crippen molar-refractivity contribution in [2.24, 2.45) is 0 Å². The lowest BCUT2D eigenvalue weighted by atomic mass is 9.98. The third kappa shape index (κ3) is 4.97. The smallest absolute Gasteiger partial charge is 0.219 e. The Balaban J connectivity index is 1.41. The summed E-state index contributed by atoms with van der Waals surface area (Å²) in [4.78, 5) is 6.00. The number of hydrogen-bond acceptors (Lipinski definition) is 4. The van der Waals surface area contributed by atoms with Crippen LogP contribution in [0.25, 0.3) is 59.7 Å². The number of rotatable bonds is 6. The van der Waals surface area contributed by atoms with Crippen molar-refractivity contribution in [3.05, 3.63) is 145 Å². The Hall–Kier alpha value is -4.84. The van der Waals surface area contributed by atoms with Crippen LogP contribution in [-0.4, -0.2) is 4.98 Å². The summed E-state index contributed by atoms with van der Waals surface area (Å²) in [6.45, 7) is 0. The maximum absolute atomic E-state index is 12.8. The van der Waals surface area contributed by atoms with Gasteiger partial charge in [-0.3, -0.25) is 4.98 Å². The molecular formula is C36H24N2OS2. The summed E-state index contributed by atoms with van der Waals surface area (Å²) >= 11 is 3.05. The predicted molar refractivity (Wildman–Crippen MR) is 168 cm³/mol. The van der Waals surface area contributed by atoms with E-state index in [0.717, 1.165) is 49.2 Å². The van der Waals surface area contributed by atoms with E-state index in [4.69, 9.17) is 0 Å². The van der Waals surface area contributed by atoms with Crippen LogP contribution in [0.3, 0.4) is 0 Å². The zero-order valence-corrected chi connectivity index (χ0v) is 23.6. The lowest BCUT2D eigenvalue weighted by Crippen LogP contribution is -2.36. The van der Waals surface area contributed by atoms with Gasteiger partial charge in [0.15, 0.2) is 0 Å². The summed E-state index contributed by atoms with van der Waals surface area (Å²) in [6.07, 6.45) is 0. The maximum atomic E-state index is 12.8. The van der Waals surface area contributed by atoms with Crippen molar-refractivity contribution < 1.29 is 9.67 Å². The van der Waals surface area contributed by atoms with E-state index in [1.54, 1.807) is 11.3 Å². The van der Waals surface area contributed by atoms with Crippen molar-refractivity contribution in [3.63, 3.8) is 0 Å². The minimum Gasteiger partial charge on any atom is -0.858 e. The fourth-order valence-electron chi connectivity index (χ4n) is 5.07. The predicted octanol–water partition coefficient (Wildman–Crippen LogP) is 8.89. The molecule has 41 heavy (non-hydrogen) atoms. The van der Waals surface area contributed by atoms with E-state index in [0.29, 0.717) is 4.88 Å². The van der Waals surface area contributed by atoms with Crippen LogP contribution >= 0.6 is 22.7 Å². The van der Waals surface area contributed by atoms with Gasteiger partial charge in [-0.05, 0) is 64.5 Å². The molecular weight excluding hydrogens is 541 g/mol. The van der Waals surface area contributed by atoms with Gasteiger partial charge in [0.1, 0.15) is 5.01 Å². The Kier molecular flexibility index (Phi) is 6.73. The first kappa shape index (κ1) is 25.1. The highest BCUT2D eigenvalue weighted by atomic mass is 32.1. The number of pyridine rings is 1. The number of thiazole rings is 1. The van der Waals surface area contributed by atoms with Gasteiger partial charge in [-0.25, -0.2) is 0 Å². The van der Waals surface area contributed by atoms with Crippen LogP contribution in [0.4, 0.5) is 0 Å². The molecule has 5 heteroatoms. The molecule has 0 unspecified atom stereocenters. The van der Waals surface area contributed by atoms with Crippen LogP contribution in [-0.2, 0) is 0 Å². The average molecular weight is 565 g/mol. The topological polar surface area (TPSA) is 39.8 Å². The minimum atomic E-state index is -0.180. The summed E-state index contributed by atoms with van der Waals surface area (Å²) in [5.41, 5.74) is 8.62. The molecule has 3 nitrogen and oxygen atoms in total. The SMILES string of the molecule is [O-]c1nc(-c2cccs2)sc1-c1ccc(-[n+]2c(-c3ccccc3)cc(-c3ccccc3)cc2-c2ccccc2)cc1. The van der Waals surface area contributed by atoms with Crippen LogP contribution < -0.4 is 9.67 Å². The highest BCUT2D eigenvalue weighted by Gasteiger charge is 2.25. The zero-order chi connectivity index (χ0) is 27.6. The molecule has 0 spiro atoms. The Labute approximate surface area is 246 Å².